The van der Waals surface area contributed by atoms with Gasteiger partial charge in [0.2, 0.25) is 0 Å². The molecule has 0 amide bonds. The third kappa shape index (κ3) is 4.60. The van der Waals surface area contributed by atoms with Gasteiger partial charge in [-0.15, -0.1) is 0 Å². The Morgan fingerprint density at radius 2 is 1.75 bits per heavy atom. The van der Waals surface area contributed by atoms with Crippen molar-refractivity contribution in [2.45, 2.75) is 38.8 Å². The zero-order valence-corrected chi connectivity index (χ0v) is 13.9. The lowest BCUT2D eigenvalue weighted by Crippen LogP contribution is -2.46. The molecule has 1 heterocycles. The van der Waals surface area contributed by atoms with Crippen LogP contribution in [-0.4, -0.2) is 43.6 Å². The molecule has 1 N–H and O–H groups in total. The minimum Gasteiger partial charge on any atom is -0.428 e. The van der Waals surface area contributed by atoms with E-state index in [1.165, 1.54) is 12.1 Å². The number of benzene rings is 1. The second-order valence-electron chi connectivity index (χ2n) is 6.15. The Kier molecular flexibility index (Phi) is 6.46. The van der Waals surface area contributed by atoms with Crippen LogP contribution >= 0.6 is 0 Å². The van der Waals surface area contributed by atoms with E-state index in [2.05, 4.69) is 28.8 Å². The van der Waals surface area contributed by atoms with Crippen molar-refractivity contribution in [3.63, 3.8) is 0 Å². The summed E-state index contributed by atoms with van der Waals surface area (Å²) in [7, 11) is 0. The molecule has 0 aromatic heterocycles. The summed E-state index contributed by atoms with van der Waals surface area (Å²) in [5.41, 5.74) is 0.985. The van der Waals surface area contributed by atoms with Crippen LogP contribution in [0.3, 0.4) is 0 Å². The third-order valence-electron chi connectivity index (χ3n) is 4.46. The molecule has 0 aliphatic carbocycles. The molecular formula is C17H24F4N2O. The van der Waals surface area contributed by atoms with E-state index in [0.29, 0.717) is 5.92 Å². The Morgan fingerprint density at radius 1 is 1.17 bits per heavy atom. The van der Waals surface area contributed by atoms with Gasteiger partial charge in [-0.1, -0.05) is 32.4 Å². The summed E-state index contributed by atoms with van der Waals surface area (Å²) in [4.78, 5) is 2.37. The van der Waals surface area contributed by atoms with Gasteiger partial charge in [0.15, 0.2) is 0 Å². The van der Waals surface area contributed by atoms with Gasteiger partial charge in [0.25, 0.3) is 0 Å². The molecule has 7 heteroatoms. The molecule has 0 spiro atoms. The van der Waals surface area contributed by atoms with Gasteiger partial charge in [-0.2, -0.15) is 17.6 Å². The Hall–Kier alpha value is -1.34. The van der Waals surface area contributed by atoms with Gasteiger partial charge in [-0.3, -0.25) is 4.90 Å². The fourth-order valence-electron chi connectivity index (χ4n) is 3.02. The highest BCUT2D eigenvalue weighted by Gasteiger charge is 2.44. The van der Waals surface area contributed by atoms with Crippen molar-refractivity contribution in [3.05, 3.63) is 29.8 Å². The number of halogens is 4. The van der Waals surface area contributed by atoms with Crippen LogP contribution in [0.15, 0.2) is 24.3 Å². The first-order valence-electron chi connectivity index (χ1n) is 8.25. The lowest BCUT2D eigenvalue weighted by atomic mass is 9.90. The van der Waals surface area contributed by atoms with Crippen LogP contribution in [0.5, 0.6) is 5.75 Å². The third-order valence-corrected chi connectivity index (χ3v) is 4.46. The molecule has 1 aromatic rings. The Bertz CT molecular complexity index is 504. The molecular weight excluding hydrogens is 324 g/mol. The van der Waals surface area contributed by atoms with E-state index in [1.54, 1.807) is 12.1 Å². The second-order valence-corrected chi connectivity index (χ2v) is 6.15. The Balaban J connectivity index is 2.16. The topological polar surface area (TPSA) is 24.5 Å². The van der Waals surface area contributed by atoms with Crippen molar-refractivity contribution < 1.29 is 22.3 Å². The monoisotopic (exact) mass is 348 g/mol. The number of alkyl halides is 4. The summed E-state index contributed by atoms with van der Waals surface area (Å²) in [6.45, 7) is 7.92. The van der Waals surface area contributed by atoms with Crippen molar-refractivity contribution in [2.75, 3.05) is 26.2 Å². The number of rotatable bonds is 7. The molecule has 1 fully saturated rings. The minimum absolute atomic E-state index is 0.168. The summed E-state index contributed by atoms with van der Waals surface area (Å²) in [6.07, 6.45) is -7.35. The zero-order valence-electron chi connectivity index (χ0n) is 13.9. The summed E-state index contributed by atoms with van der Waals surface area (Å²) in [6, 6.07) is 6.22. The van der Waals surface area contributed by atoms with E-state index in [9.17, 15) is 17.6 Å². The highest BCUT2D eigenvalue weighted by Crippen LogP contribution is 2.33. The fraction of sp³-hybridized carbons (Fsp3) is 0.647. The van der Waals surface area contributed by atoms with E-state index in [0.717, 1.165) is 38.2 Å². The summed E-state index contributed by atoms with van der Waals surface area (Å²) in [5.74, 6) is 0.129. The first-order chi connectivity index (χ1) is 11.3. The molecule has 1 saturated heterocycles. The predicted molar refractivity (Wildman–Crippen MR) is 84.7 cm³/mol. The highest BCUT2D eigenvalue weighted by molar-refractivity contribution is 5.30. The number of nitrogens with zero attached hydrogens (tertiary/aromatic N) is 1. The molecule has 2 atom stereocenters. The van der Waals surface area contributed by atoms with Crippen LogP contribution in [0.4, 0.5) is 17.6 Å². The zero-order chi connectivity index (χ0) is 17.7. The van der Waals surface area contributed by atoms with Crippen LogP contribution in [-0.2, 0) is 0 Å². The van der Waals surface area contributed by atoms with Crippen molar-refractivity contribution in [3.8, 4) is 5.75 Å². The summed E-state index contributed by atoms with van der Waals surface area (Å²) >= 11 is 0. The maximum atomic E-state index is 13.0. The quantitative estimate of drug-likeness (QED) is 0.756. The summed E-state index contributed by atoms with van der Waals surface area (Å²) < 4.78 is 54.5. The average Bonchev–Trinajstić information content (AvgIpc) is 2.57. The lowest BCUT2D eigenvalue weighted by Gasteiger charge is -2.38. The molecule has 3 nitrogen and oxygen atoms in total. The maximum absolute atomic E-state index is 13.0. The van der Waals surface area contributed by atoms with Gasteiger partial charge in [-0.05, 0) is 23.6 Å². The molecule has 136 valence electrons. The van der Waals surface area contributed by atoms with Crippen molar-refractivity contribution in [1.82, 2.24) is 10.2 Å². The highest BCUT2D eigenvalue weighted by atomic mass is 19.3. The van der Waals surface area contributed by atoms with Gasteiger partial charge in [0.05, 0.1) is 0 Å². The van der Waals surface area contributed by atoms with Crippen LogP contribution < -0.4 is 10.1 Å². The number of hydrogen-bond acceptors (Lipinski definition) is 3. The van der Waals surface area contributed by atoms with Gasteiger partial charge in [0, 0.05) is 32.2 Å². The number of piperazine rings is 1. The number of hydrogen-bond donors (Lipinski definition) is 1. The van der Waals surface area contributed by atoms with Gasteiger partial charge >= 0.3 is 12.5 Å². The van der Waals surface area contributed by atoms with Gasteiger partial charge < -0.3 is 10.1 Å². The van der Waals surface area contributed by atoms with E-state index in [-0.39, 0.29) is 11.8 Å². The van der Waals surface area contributed by atoms with Gasteiger partial charge in [0.1, 0.15) is 5.75 Å². The van der Waals surface area contributed by atoms with Gasteiger partial charge in [-0.25, -0.2) is 0 Å². The minimum atomic E-state index is -4.48. The van der Waals surface area contributed by atoms with Crippen LogP contribution in [0, 0.1) is 5.92 Å². The van der Waals surface area contributed by atoms with Crippen LogP contribution in [0.1, 0.15) is 31.9 Å². The first-order valence-corrected chi connectivity index (χ1v) is 8.25. The van der Waals surface area contributed by atoms with Crippen LogP contribution in [0.25, 0.3) is 0 Å². The normalized spacial score (nSPS) is 19.3. The van der Waals surface area contributed by atoms with E-state index < -0.39 is 12.5 Å². The molecule has 0 radical (unpaired) electrons. The molecule has 24 heavy (non-hydrogen) atoms. The number of ether oxygens (including phenoxy) is 1. The lowest BCUT2D eigenvalue weighted by molar-refractivity contribution is -0.253. The van der Waals surface area contributed by atoms with Crippen molar-refractivity contribution in [2.24, 2.45) is 5.92 Å². The molecule has 1 aromatic carbocycles. The fourth-order valence-corrected chi connectivity index (χ4v) is 3.02. The largest absolute Gasteiger partial charge is 0.461 e. The molecule has 1 aliphatic heterocycles. The van der Waals surface area contributed by atoms with E-state index in [4.69, 9.17) is 0 Å². The van der Waals surface area contributed by atoms with Crippen molar-refractivity contribution >= 4 is 0 Å². The van der Waals surface area contributed by atoms with E-state index in [1.807, 2.05) is 0 Å². The summed E-state index contributed by atoms with van der Waals surface area (Å²) in [5, 5.41) is 3.31. The standard InChI is InChI=1S/C17H24F4N2O/c1-3-12(2)15(23-10-8-22-9-11-23)13-4-6-14(7-5-13)24-17(20,21)16(18)19/h4-7,12,15-16,22H,3,8-11H2,1-2H3/t12?,15-/m0/s1. The first kappa shape index (κ1) is 19.0. The molecule has 2 rings (SSSR count). The Labute approximate surface area is 140 Å². The van der Waals surface area contributed by atoms with Crippen molar-refractivity contribution in [1.29, 1.82) is 0 Å². The molecule has 0 bridgehead atoms. The molecule has 1 aliphatic rings. The number of nitrogens with one attached hydrogen (secondary N) is 1. The van der Waals surface area contributed by atoms with Crippen LogP contribution in [0.2, 0.25) is 0 Å². The molecule has 0 saturated carbocycles. The second kappa shape index (κ2) is 8.16. The molecule has 1 unspecified atom stereocenters. The maximum Gasteiger partial charge on any atom is 0.461 e. The van der Waals surface area contributed by atoms with E-state index >= 15 is 0 Å². The SMILES string of the molecule is CCC(C)[C@@H](c1ccc(OC(F)(F)C(F)F)cc1)N1CCNCC1. The predicted octanol–water partition coefficient (Wildman–Crippen LogP) is 3.92. The smallest absolute Gasteiger partial charge is 0.428 e. The average molecular weight is 348 g/mol. The Morgan fingerprint density at radius 3 is 2.25 bits per heavy atom.